The van der Waals surface area contributed by atoms with Crippen LogP contribution >= 0.6 is 15.9 Å². The number of carbonyl (C=O) groups is 1. The molecule has 0 saturated carbocycles. The van der Waals surface area contributed by atoms with Crippen molar-refractivity contribution in [2.75, 3.05) is 6.54 Å². The summed E-state index contributed by atoms with van der Waals surface area (Å²) in [6.45, 7) is 7.29. The molecule has 4 nitrogen and oxygen atoms in total. The topological polar surface area (TPSA) is 54.0 Å². The number of rotatable bonds is 6. The first kappa shape index (κ1) is 15.1. The van der Waals surface area contributed by atoms with E-state index in [-0.39, 0.29) is 11.9 Å². The van der Waals surface area contributed by atoms with Crippen LogP contribution in [0, 0.1) is 5.92 Å². The van der Waals surface area contributed by atoms with Gasteiger partial charge >= 0.3 is 0 Å². The first-order valence-corrected chi connectivity index (χ1v) is 6.91. The molecule has 1 unspecified atom stereocenters. The van der Waals surface area contributed by atoms with Crippen molar-refractivity contribution in [2.24, 2.45) is 5.92 Å². The fourth-order valence-corrected chi connectivity index (χ4v) is 1.74. The van der Waals surface area contributed by atoms with Gasteiger partial charge in [-0.3, -0.25) is 4.79 Å². The summed E-state index contributed by atoms with van der Waals surface area (Å²) in [5.41, 5.74) is 0.910. The molecular formula is C13H20BrN3O. The summed E-state index contributed by atoms with van der Waals surface area (Å²) in [6, 6.07) is 5.51. The normalized spacial score (nSPS) is 12.5. The molecule has 18 heavy (non-hydrogen) atoms. The molecule has 1 amide bonds. The van der Waals surface area contributed by atoms with Gasteiger partial charge in [0.15, 0.2) is 0 Å². The molecule has 0 fully saturated rings. The monoisotopic (exact) mass is 313 g/mol. The first-order chi connectivity index (χ1) is 8.49. The maximum atomic E-state index is 11.7. The summed E-state index contributed by atoms with van der Waals surface area (Å²) in [4.78, 5) is 16.0. The van der Waals surface area contributed by atoms with E-state index in [4.69, 9.17) is 0 Å². The third-order valence-electron chi connectivity index (χ3n) is 2.44. The molecule has 0 aliphatic rings. The van der Waals surface area contributed by atoms with Crippen molar-refractivity contribution < 1.29 is 4.79 Å². The van der Waals surface area contributed by atoms with Crippen LogP contribution in [0.5, 0.6) is 0 Å². The Labute approximate surface area is 117 Å². The third kappa shape index (κ3) is 5.60. The molecule has 1 rings (SSSR count). The van der Waals surface area contributed by atoms with Crippen LogP contribution in [0.4, 0.5) is 0 Å². The summed E-state index contributed by atoms with van der Waals surface area (Å²) < 4.78 is 0.804. The Hall–Kier alpha value is -0.940. The number of hydrogen-bond donors (Lipinski definition) is 2. The molecule has 1 atom stereocenters. The number of hydrogen-bond acceptors (Lipinski definition) is 3. The predicted octanol–water partition coefficient (Wildman–Crippen LogP) is 2.09. The lowest BCUT2D eigenvalue weighted by atomic mass is 10.2. The molecular weight excluding hydrogens is 294 g/mol. The molecule has 1 heterocycles. The maximum absolute atomic E-state index is 11.7. The molecule has 1 aromatic rings. The van der Waals surface area contributed by atoms with E-state index in [0.717, 1.165) is 10.3 Å². The molecule has 0 aliphatic heterocycles. The van der Waals surface area contributed by atoms with Crippen LogP contribution in [0.2, 0.25) is 0 Å². The molecule has 0 bridgehead atoms. The van der Waals surface area contributed by atoms with Crippen LogP contribution in [-0.2, 0) is 11.3 Å². The number of halogens is 1. The summed E-state index contributed by atoms with van der Waals surface area (Å²) in [5, 5.41) is 6.05. The van der Waals surface area contributed by atoms with Gasteiger partial charge in [0.05, 0.1) is 11.7 Å². The smallest absolute Gasteiger partial charge is 0.236 e. The van der Waals surface area contributed by atoms with Gasteiger partial charge < -0.3 is 10.6 Å². The average molecular weight is 314 g/mol. The van der Waals surface area contributed by atoms with E-state index in [1.165, 1.54) is 0 Å². The van der Waals surface area contributed by atoms with Crippen molar-refractivity contribution in [3.05, 3.63) is 28.5 Å². The molecule has 100 valence electrons. The summed E-state index contributed by atoms with van der Waals surface area (Å²) in [7, 11) is 0. The Kier molecular flexibility index (Phi) is 6.29. The fraction of sp³-hybridized carbons (Fsp3) is 0.538. The van der Waals surface area contributed by atoms with Crippen molar-refractivity contribution in [2.45, 2.75) is 33.4 Å². The summed E-state index contributed by atoms with van der Waals surface area (Å²) in [6.07, 6.45) is 0. The van der Waals surface area contributed by atoms with E-state index in [1.807, 2.05) is 25.1 Å². The average Bonchev–Trinajstić information content (AvgIpc) is 2.33. The molecule has 5 heteroatoms. The Morgan fingerprint density at radius 1 is 1.39 bits per heavy atom. The van der Waals surface area contributed by atoms with E-state index in [9.17, 15) is 4.79 Å². The summed E-state index contributed by atoms with van der Waals surface area (Å²) >= 11 is 3.32. The zero-order valence-electron chi connectivity index (χ0n) is 11.0. The lowest BCUT2D eigenvalue weighted by molar-refractivity contribution is -0.122. The van der Waals surface area contributed by atoms with E-state index in [0.29, 0.717) is 19.0 Å². The Morgan fingerprint density at radius 3 is 2.72 bits per heavy atom. The molecule has 0 aliphatic carbocycles. The van der Waals surface area contributed by atoms with Gasteiger partial charge in [-0.2, -0.15) is 0 Å². The lowest BCUT2D eigenvalue weighted by Gasteiger charge is -2.15. The minimum atomic E-state index is -0.218. The van der Waals surface area contributed by atoms with Crippen molar-refractivity contribution in [1.29, 1.82) is 0 Å². The number of nitrogens with zero attached hydrogens (tertiary/aromatic N) is 1. The van der Waals surface area contributed by atoms with E-state index in [1.54, 1.807) is 0 Å². The second-order valence-electron chi connectivity index (χ2n) is 4.69. The second kappa shape index (κ2) is 7.48. The minimum Gasteiger partial charge on any atom is -0.354 e. The number of carbonyl (C=O) groups excluding carboxylic acids is 1. The van der Waals surface area contributed by atoms with Crippen LogP contribution < -0.4 is 10.6 Å². The van der Waals surface area contributed by atoms with Gasteiger partial charge in [-0.1, -0.05) is 19.9 Å². The highest BCUT2D eigenvalue weighted by atomic mass is 79.9. The largest absolute Gasteiger partial charge is 0.354 e. The van der Waals surface area contributed by atoms with Crippen LogP contribution in [0.1, 0.15) is 26.5 Å². The molecule has 1 aromatic heterocycles. The first-order valence-electron chi connectivity index (χ1n) is 6.11. The quantitative estimate of drug-likeness (QED) is 0.791. The Bertz CT molecular complexity index is 396. The van der Waals surface area contributed by atoms with Crippen molar-refractivity contribution in [3.63, 3.8) is 0 Å². The lowest BCUT2D eigenvalue weighted by Crippen LogP contribution is -2.43. The minimum absolute atomic E-state index is 0.0266. The van der Waals surface area contributed by atoms with Gasteiger partial charge in [-0.25, -0.2) is 4.98 Å². The number of aromatic nitrogens is 1. The highest BCUT2D eigenvalue weighted by Gasteiger charge is 2.12. The molecule has 0 saturated heterocycles. The second-order valence-corrected chi connectivity index (χ2v) is 5.51. The van der Waals surface area contributed by atoms with Crippen molar-refractivity contribution in [3.8, 4) is 0 Å². The predicted molar refractivity (Wildman–Crippen MR) is 76.1 cm³/mol. The standard InChI is InChI=1S/C13H20BrN3O/c1-9(2)7-16-13(18)10(3)15-8-11-5-4-6-12(14)17-11/h4-6,9-10,15H,7-8H2,1-3H3,(H,16,18). The van der Waals surface area contributed by atoms with Gasteiger partial charge in [-0.05, 0) is 40.9 Å². The van der Waals surface area contributed by atoms with Crippen LogP contribution in [-0.4, -0.2) is 23.5 Å². The number of amides is 1. The van der Waals surface area contributed by atoms with E-state index in [2.05, 4.69) is 45.4 Å². The van der Waals surface area contributed by atoms with Gasteiger partial charge in [0, 0.05) is 13.1 Å². The van der Waals surface area contributed by atoms with E-state index < -0.39 is 0 Å². The van der Waals surface area contributed by atoms with Gasteiger partial charge in [-0.15, -0.1) is 0 Å². The number of nitrogens with one attached hydrogen (secondary N) is 2. The molecule has 2 N–H and O–H groups in total. The van der Waals surface area contributed by atoms with E-state index >= 15 is 0 Å². The zero-order chi connectivity index (χ0) is 13.5. The SMILES string of the molecule is CC(C)CNC(=O)C(C)NCc1cccc(Br)n1. The van der Waals surface area contributed by atoms with Gasteiger partial charge in [0.25, 0.3) is 0 Å². The van der Waals surface area contributed by atoms with Crippen molar-refractivity contribution in [1.82, 2.24) is 15.6 Å². The summed E-state index contributed by atoms with van der Waals surface area (Å²) in [5.74, 6) is 0.492. The number of pyridine rings is 1. The van der Waals surface area contributed by atoms with Crippen LogP contribution in [0.25, 0.3) is 0 Å². The zero-order valence-corrected chi connectivity index (χ0v) is 12.6. The maximum Gasteiger partial charge on any atom is 0.236 e. The molecule has 0 aromatic carbocycles. The Morgan fingerprint density at radius 2 is 2.11 bits per heavy atom. The Balaban J connectivity index is 2.36. The molecule has 0 radical (unpaired) electrons. The fourth-order valence-electron chi connectivity index (χ4n) is 1.36. The highest BCUT2D eigenvalue weighted by Crippen LogP contribution is 2.06. The van der Waals surface area contributed by atoms with Crippen LogP contribution in [0.3, 0.4) is 0 Å². The van der Waals surface area contributed by atoms with Crippen molar-refractivity contribution >= 4 is 21.8 Å². The molecule has 0 spiro atoms. The van der Waals surface area contributed by atoms with Crippen LogP contribution in [0.15, 0.2) is 22.8 Å². The highest BCUT2D eigenvalue weighted by molar-refractivity contribution is 9.10. The third-order valence-corrected chi connectivity index (χ3v) is 2.88. The van der Waals surface area contributed by atoms with Gasteiger partial charge in [0.1, 0.15) is 4.60 Å². The van der Waals surface area contributed by atoms with Gasteiger partial charge in [0.2, 0.25) is 5.91 Å².